The van der Waals surface area contributed by atoms with E-state index in [1.165, 1.54) is 5.56 Å². The van der Waals surface area contributed by atoms with Crippen molar-refractivity contribution in [2.45, 2.75) is 32.2 Å². The molecule has 6 heteroatoms. The average molecular weight is 338 g/mol. The molecule has 0 atom stereocenters. The van der Waals surface area contributed by atoms with Gasteiger partial charge in [-0.1, -0.05) is 25.0 Å². The molecule has 0 bridgehead atoms. The number of sulfonamides is 1. The third-order valence-corrected chi connectivity index (χ3v) is 6.12. The van der Waals surface area contributed by atoms with Crippen molar-refractivity contribution < 1.29 is 13.2 Å². The highest BCUT2D eigenvalue weighted by atomic mass is 32.2. The fourth-order valence-corrected chi connectivity index (χ4v) is 4.94. The maximum Gasteiger partial charge on any atom is 0.232 e. The van der Waals surface area contributed by atoms with Crippen LogP contribution in [0.5, 0.6) is 0 Å². The van der Waals surface area contributed by atoms with Gasteiger partial charge in [-0.05, 0) is 36.5 Å². The zero-order valence-electron chi connectivity index (χ0n) is 13.5. The Bertz CT molecular complexity index is 589. The smallest absolute Gasteiger partial charge is 0.232 e. The lowest BCUT2D eigenvalue weighted by molar-refractivity contribution is 0.0342. The van der Waals surface area contributed by atoms with Gasteiger partial charge in [-0.25, -0.2) is 8.42 Å². The van der Waals surface area contributed by atoms with Crippen molar-refractivity contribution in [3.63, 3.8) is 0 Å². The summed E-state index contributed by atoms with van der Waals surface area (Å²) >= 11 is 0. The summed E-state index contributed by atoms with van der Waals surface area (Å²) in [6.07, 6.45) is 4.41. The van der Waals surface area contributed by atoms with Crippen LogP contribution >= 0.6 is 0 Å². The van der Waals surface area contributed by atoms with Gasteiger partial charge in [0.1, 0.15) is 0 Å². The minimum atomic E-state index is -3.24. The molecule has 2 fully saturated rings. The first-order valence-electron chi connectivity index (χ1n) is 8.50. The minimum Gasteiger partial charge on any atom is -0.379 e. The fraction of sp³-hybridized carbons (Fsp3) is 0.647. The van der Waals surface area contributed by atoms with Crippen LogP contribution in [0.25, 0.3) is 0 Å². The first kappa shape index (κ1) is 16.7. The molecule has 0 radical (unpaired) electrons. The zero-order valence-corrected chi connectivity index (χ0v) is 14.4. The van der Waals surface area contributed by atoms with Gasteiger partial charge in [0.2, 0.25) is 10.0 Å². The summed E-state index contributed by atoms with van der Waals surface area (Å²) < 4.78 is 32.5. The molecular formula is C17H26N2O3S. The third kappa shape index (κ3) is 5.19. The number of anilines is 1. The summed E-state index contributed by atoms with van der Waals surface area (Å²) in [5.41, 5.74) is 1.86. The number of nitrogens with zero attached hydrogens (tertiary/aromatic N) is 1. The quantitative estimate of drug-likeness (QED) is 0.865. The second-order valence-electron chi connectivity index (χ2n) is 6.62. The summed E-state index contributed by atoms with van der Waals surface area (Å²) in [5, 5.41) is 0. The van der Waals surface area contributed by atoms with Crippen LogP contribution in [0.2, 0.25) is 0 Å². The zero-order chi connectivity index (χ0) is 16.1. The molecule has 5 nitrogen and oxygen atoms in total. The Morgan fingerprint density at radius 3 is 2.39 bits per heavy atom. The Hall–Kier alpha value is -1.11. The standard InChI is InChI=1S/C17H26N2O3S/c20-23(21,14-16-3-1-2-4-16)18-17-7-5-15(6-8-17)13-19-9-11-22-12-10-19/h5-8,16,18H,1-4,9-14H2. The van der Waals surface area contributed by atoms with E-state index in [1.807, 2.05) is 24.3 Å². The van der Waals surface area contributed by atoms with E-state index in [9.17, 15) is 8.42 Å². The third-order valence-electron chi connectivity index (χ3n) is 4.67. The molecule has 0 amide bonds. The minimum absolute atomic E-state index is 0.253. The van der Waals surface area contributed by atoms with Gasteiger partial charge in [0.25, 0.3) is 0 Å². The van der Waals surface area contributed by atoms with E-state index in [4.69, 9.17) is 4.74 Å². The van der Waals surface area contributed by atoms with Crippen molar-refractivity contribution in [1.82, 2.24) is 4.90 Å². The van der Waals surface area contributed by atoms with E-state index in [0.717, 1.165) is 58.5 Å². The van der Waals surface area contributed by atoms with Gasteiger partial charge in [0.15, 0.2) is 0 Å². The van der Waals surface area contributed by atoms with Gasteiger partial charge < -0.3 is 4.74 Å². The van der Waals surface area contributed by atoms with Crippen LogP contribution in [-0.4, -0.2) is 45.4 Å². The molecule has 1 aromatic carbocycles. The van der Waals surface area contributed by atoms with E-state index in [0.29, 0.717) is 11.6 Å². The second-order valence-corrected chi connectivity index (χ2v) is 8.39. The molecule has 1 saturated heterocycles. The van der Waals surface area contributed by atoms with E-state index >= 15 is 0 Å². The normalized spacial score (nSPS) is 20.7. The molecule has 1 aliphatic carbocycles. The lowest BCUT2D eigenvalue weighted by Crippen LogP contribution is -2.35. The van der Waals surface area contributed by atoms with Crippen LogP contribution in [0.4, 0.5) is 5.69 Å². The predicted molar refractivity (Wildman–Crippen MR) is 91.9 cm³/mol. The Kier molecular flexibility index (Phi) is 5.56. The molecule has 1 aromatic rings. The maximum absolute atomic E-state index is 12.2. The van der Waals surface area contributed by atoms with Crippen molar-refractivity contribution in [2.75, 3.05) is 36.8 Å². The number of ether oxygens (including phenoxy) is 1. The van der Waals surface area contributed by atoms with Gasteiger partial charge in [-0.3, -0.25) is 9.62 Å². The van der Waals surface area contributed by atoms with E-state index in [-0.39, 0.29) is 5.75 Å². The Morgan fingerprint density at radius 2 is 1.74 bits per heavy atom. The molecule has 128 valence electrons. The summed E-state index contributed by atoms with van der Waals surface area (Å²) in [6.45, 7) is 4.38. The summed E-state index contributed by atoms with van der Waals surface area (Å²) in [4.78, 5) is 2.35. The van der Waals surface area contributed by atoms with Crippen LogP contribution < -0.4 is 4.72 Å². The largest absolute Gasteiger partial charge is 0.379 e. The van der Waals surface area contributed by atoms with Gasteiger partial charge in [-0.15, -0.1) is 0 Å². The van der Waals surface area contributed by atoms with Crippen LogP contribution in [0.3, 0.4) is 0 Å². The first-order chi connectivity index (χ1) is 11.1. The molecule has 0 unspecified atom stereocenters. The molecule has 23 heavy (non-hydrogen) atoms. The molecule has 0 spiro atoms. The molecule has 3 rings (SSSR count). The van der Waals surface area contributed by atoms with Crippen LogP contribution in [0.15, 0.2) is 24.3 Å². The highest BCUT2D eigenvalue weighted by Crippen LogP contribution is 2.26. The Balaban J connectivity index is 1.53. The van der Waals surface area contributed by atoms with Gasteiger partial charge >= 0.3 is 0 Å². The lowest BCUT2D eigenvalue weighted by Gasteiger charge is -2.26. The monoisotopic (exact) mass is 338 g/mol. The molecular weight excluding hydrogens is 312 g/mol. The Labute approximate surface area is 139 Å². The number of morpholine rings is 1. The number of hydrogen-bond donors (Lipinski definition) is 1. The van der Waals surface area contributed by atoms with Gasteiger partial charge in [0.05, 0.1) is 19.0 Å². The number of benzene rings is 1. The Morgan fingerprint density at radius 1 is 1.09 bits per heavy atom. The maximum atomic E-state index is 12.2. The summed E-state index contributed by atoms with van der Waals surface area (Å²) in [7, 11) is -3.24. The number of hydrogen-bond acceptors (Lipinski definition) is 4. The highest BCUT2D eigenvalue weighted by Gasteiger charge is 2.22. The lowest BCUT2D eigenvalue weighted by atomic mass is 10.1. The molecule has 1 heterocycles. The second kappa shape index (κ2) is 7.64. The molecule has 2 aliphatic rings. The summed E-state index contributed by atoms with van der Waals surface area (Å²) in [6, 6.07) is 7.73. The highest BCUT2D eigenvalue weighted by molar-refractivity contribution is 7.92. The molecule has 1 saturated carbocycles. The molecule has 0 aromatic heterocycles. The SMILES string of the molecule is O=S(=O)(CC1CCCC1)Nc1ccc(CN2CCOCC2)cc1. The van der Waals surface area contributed by atoms with Crippen molar-refractivity contribution in [1.29, 1.82) is 0 Å². The first-order valence-corrected chi connectivity index (χ1v) is 10.2. The fourth-order valence-electron chi connectivity index (χ4n) is 3.40. The number of rotatable bonds is 6. The number of nitrogens with one attached hydrogen (secondary N) is 1. The van der Waals surface area contributed by atoms with Gasteiger partial charge in [-0.2, -0.15) is 0 Å². The van der Waals surface area contributed by atoms with Crippen LogP contribution in [-0.2, 0) is 21.3 Å². The van der Waals surface area contributed by atoms with E-state index in [1.54, 1.807) is 0 Å². The van der Waals surface area contributed by atoms with Crippen LogP contribution in [0, 0.1) is 5.92 Å². The topological polar surface area (TPSA) is 58.6 Å². The summed E-state index contributed by atoms with van der Waals surface area (Å²) in [5.74, 6) is 0.579. The van der Waals surface area contributed by atoms with Crippen molar-refractivity contribution in [3.05, 3.63) is 29.8 Å². The molecule has 1 aliphatic heterocycles. The molecule has 1 N–H and O–H groups in total. The average Bonchev–Trinajstić information content (AvgIpc) is 3.02. The van der Waals surface area contributed by atoms with E-state index in [2.05, 4.69) is 9.62 Å². The predicted octanol–water partition coefficient (Wildman–Crippen LogP) is 2.45. The van der Waals surface area contributed by atoms with Crippen LogP contribution in [0.1, 0.15) is 31.2 Å². The van der Waals surface area contributed by atoms with Crippen molar-refractivity contribution >= 4 is 15.7 Å². The van der Waals surface area contributed by atoms with Gasteiger partial charge in [0, 0.05) is 25.3 Å². The van der Waals surface area contributed by atoms with Crippen molar-refractivity contribution in [3.8, 4) is 0 Å². The van der Waals surface area contributed by atoms with Crippen molar-refractivity contribution in [2.24, 2.45) is 5.92 Å². The van der Waals surface area contributed by atoms with E-state index < -0.39 is 10.0 Å².